The second-order valence-corrected chi connectivity index (χ2v) is 12.4. The van der Waals surface area contributed by atoms with Crippen molar-refractivity contribution in [2.24, 2.45) is 0 Å². The summed E-state index contributed by atoms with van der Waals surface area (Å²) in [5.41, 5.74) is -0.471. The lowest BCUT2D eigenvalue weighted by Crippen LogP contribution is -2.50. The van der Waals surface area contributed by atoms with Crippen LogP contribution in [0, 0.1) is 0 Å². The zero-order valence-corrected chi connectivity index (χ0v) is 22.6. The van der Waals surface area contributed by atoms with Gasteiger partial charge in [0.05, 0.1) is 0 Å². The summed E-state index contributed by atoms with van der Waals surface area (Å²) in [6.45, 7) is 9.39. The van der Waals surface area contributed by atoms with Crippen molar-refractivity contribution in [2.45, 2.75) is 109 Å². The summed E-state index contributed by atoms with van der Waals surface area (Å²) in [5.74, 6) is 0. The summed E-state index contributed by atoms with van der Waals surface area (Å²) in [6.07, 6.45) is 13.6. The first-order valence-electron chi connectivity index (χ1n) is 13.5. The first-order chi connectivity index (χ1) is 16.8. The molecule has 8 nitrogen and oxygen atoms in total. The summed E-state index contributed by atoms with van der Waals surface area (Å²) in [6, 6.07) is 0.774. The van der Waals surface area contributed by atoms with Gasteiger partial charge in [0.1, 0.15) is 5.60 Å². The van der Waals surface area contributed by atoms with Crippen LogP contribution in [0.15, 0.2) is 6.20 Å². The van der Waals surface area contributed by atoms with E-state index in [4.69, 9.17) is 4.74 Å². The average Bonchev–Trinajstić information content (AvgIpc) is 3.26. The number of nitrogens with one attached hydrogen (secondary N) is 1. The molecule has 1 aromatic rings. The number of hydrogen-bond acceptors (Lipinski definition) is 6. The molecule has 2 aliphatic carbocycles. The molecule has 3 fully saturated rings. The highest BCUT2D eigenvalue weighted by molar-refractivity contribution is 7.15. The molecule has 4 rings (SSSR count). The fraction of sp³-hybridized carbons (Fsp3) is 0.808. The molecule has 0 aromatic carbocycles. The van der Waals surface area contributed by atoms with Gasteiger partial charge in [-0.25, -0.2) is 14.6 Å². The number of piperazine rings is 1. The topological polar surface area (TPSA) is 78.0 Å². The number of carbonyl (C=O) groups excluding carboxylic acids is 2. The van der Waals surface area contributed by atoms with Crippen molar-refractivity contribution in [1.29, 1.82) is 0 Å². The largest absolute Gasteiger partial charge is 0.444 e. The van der Waals surface area contributed by atoms with Gasteiger partial charge in [0.25, 0.3) is 0 Å². The molecule has 1 aliphatic heterocycles. The van der Waals surface area contributed by atoms with Crippen LogP contribution in [0.4, 0.5) is 14.7 Å². The second kappa shape index (κ2) is 11.9. The fourth-order valence-electron chi connectivity index (χ4n) is 5.58. The van der Waals surface area contributed by atoms with E-state index in [1.807, 2.05) is 27.0 Å². The molecule has 196 valence electrons. The van der Waals surface area contributed by atoms with Crippen LogP contribution in [0.1, 0.15) is 89.9 Å². The number of rotatable bonds is 5. The highest BCUT2D eigenvalue weighted by Gasteiger charge is 2.33. The lowest BCUT2D eigenvalue weighted by atomic mass is 9.89. The number of hydrogen-bond donors (Lipinski definition) is 1. The Morgan fingerprint density at radius 2 is 1.57 bits per heavy atom. The summed E-state index contributed by atoms with van der Waals surface area (Å²) in [4.78, 5) is 37.7. The van der Waals surface area contributed by atoms with Gasteiger partial charge in [-0.2, -0.15) is 0 Å². The quantitative estimate of drug-likeness (QED) is 0.556. The Hall–Kier alpha value is -1.87. The van der Waals surface area contributed by atoms with E-state index in [0.717, 1.165) is 50.2 Å². The second-order valence-electron chi connectivity index (χ2n) is 11.3. The smallest absolute Gasteiger partial charge is 0.410 e. The lowest BCUT2D eigenvalue weighted by Gasteiger charge is -2.41. The summed E-state index contributed by atoms with van der Waals surface area (Å²) >= 11 is 1.56. The van der Waals surface area contributed by atoms with E-state index >= 15 is 0 Å². The molecule has 0 unspecified atom stereocenters. The molecular weight excluding hydrogens is 462 g/mol. The normalized spacial score (nSPS) is 21.1. The van der Waals surface area contributed by atoms with Gasteiger partial charge in [-0.3, -0.25) is 10.2 Å². The van der Waals surface area contributed by atoms with E-state index in [2.05, 4.69) is 20.1 Å². The van der Waals surface area contributed by atoms with Gasteiger partial charge in [0.2, 0.25) is 0 Å². The number of amides is 3. The maximum atomic E-state index is 13.4. The number of aromatic nitrogens is 1. The van der Waals surface area contributed by atoms with Gasteiger partial charge in [-0.1, -0.05) is 38.5 Å². The van der Waals surface area contributed by atoms with Crippen molar-refractivity contribution in [1.82, 2.24) is 19.7 Å². The molecule has 9 heteroatoms. The van der Waals surface area contributed by atoms with Crippen molar-refractivity contribution in [3.63, 3.8) is 0 Å². The van der Waals surface area contributed by atoms with Crippen molar-refractivity contribution < 1.29 is 14.3 Å². The van der Waals surface area contributed by atoms with Crippen LogP contribution in [0.25, 0.3) is 0 Å². The summed E-state index contributed by atoms with van der Waals surface area (Å²) < 4.78 is 5.49. The first-order valence-corrected chi connectivity index (χ1v) is 14.3. The summed E-state index contributed by atoms with van der Waals surface area (Å²) in [7, 11) is 0. The zero-order valence-electron chi connectivity index (χ0n) is 21.8. The van der Waals surface area contributed by atoms with Crippen molar-refractivity contribution >= 4 is 28.6 Å². The number of thiazole rings is 1. The Morgan fingerprint density at radius 1 is 1.00 bits per heavy atom. The predicted octanol–water partition coefficient (Wildman–Crippen LogP) is 5.70. The van der Waals surface area contributed by atoms with Crippen LogP contribution in [0.5, 0.6) is 0 Å². The predicted molar refractivity (Wildman–Crippen MR) is 140 cm³/mol. The van der Waals surface area contributed by atoms with Crippen LogP contribution in [0.2, 0.25) is 0 Å². The van der Waals surface area contributed by atoms with Gasteiger partial charge in [-0.15, -0.1) is 11.3 Å². The number of nitrogens with zero attached hydrogens (tertiary/aromatic N) is 4. The van der Waals surface area contributed by atoms with Gasteiger partial charge in [-0.05, 0) is 46.5 Å². The standard InChI is InChI=1S/C26H43N5O3S/c1-26(2,3)34-25(33)30-16-14-29(15-17-30)19-22-18-27-23(35-22)28-24(32)31(20-10-6-4-7-11-20)21-12-8-5-9-13-21/h18,20-21H,4-17,19H2,1-3H3,(H,27,28,32). The van der Waals surface area contributed by atoms with Crippen LogP contribution >= 0.6 is 11.3 Å². The molecule has 1 aromatic heterocycles. The van der Waals surface area contributed by atoms with Gasteiger partial charge in [0, 0.05) is 55.9 Å². The molecular formula is C26H43N5O3S. The molecule has 0 atom stereocenters. The Labute approximate surface area is 214 Å². The van der Waals surface area contributed by atoms with Crippen LogP contribution in [-0.4, -0.2) is 75.7 Å². The minimum atomic E-state index is -0.471. The van der Waals surface area contributed by atoms with Gasteiger partial charge in [0.15, 0.2) is 5.13 Å². The third-order valence-corrected chi connectivity index (χ3v) is 8.24. The third-order valence-electron chi connectivity index (χ3n) is 7.34. The molecule has 35 heavy (non-hydrogen) atoms. The molecule has 1 saturated heterocycles. The molecule has 2 heterocycles. The van der Waals surface area contributed by atoms with Crippen molar-refractivity contribution in [3.05, 3.63) is 11.1 Å². The highest BCUT2D eigenvalue weighted by Crippen LogP contribution is 2.31. The molecule has 0 spiro atoms. The van der Waals surface area contributed by atoms with E-state index in [0.29, 0.717) is 30.3 Å². The monoisotopic (exact) mass is 505 g/mol. The molecule has 0 radical (unpaired) electrons. The Kier molecular flexibility index (Phi) is 8.92. The molecule has 3 amide bonds. The maximum absolute atomic E-state index is 13.4. The van der Waals surface area contributed by atoms with Crippen LogP contribution in [0.3, 0.4) is 0 Å². The highest BCUT2D eigenvalue weighted by atomic mass is 32.1. The minimum absolute atomic E-state index is 0.0377. The SMILES string of the molecule is CC(C)(C)OC(=O)N1CCN(Cc2cnc(NC(=O)N(C3CCCCC3)C3CCCCC3)s2)CC1. The maximum Gasteiger partial charge on any atom is 0.410 e. The third kappa shape index (κ3) is 7.56. The molecule has 3 aliphatic rings. The zero-order chi connectivity index (χ0) is 24.8. The number of anilines is 1. The fourth-order valence-corrected chi connectivity index (χ4v) is 6.42. The Morgan fingerprint density at radius 3 is 2.11 bits per heavy atom. The average molecular weight is 506 g/mol. The number of carbonyl (C=O) groups is 2. The Bertz CT molecular complexity index is 816. The van der Waals surface area contributed by atoms with E-state index in [-0.39, 0.29) is 12.1 Å². The van der Waals surface area contributed by atoms with E-state index in [1.54, 1.807) is 16.2 Å². The number of urea groups is 1. The molecule has 1 N–H and O–H groups in total. The molecule has 0 bridgehead atoms. The van der Waals surface area contributed by atoms with Crippen LogP contribution < -0.4 is 5.32 Å². The first kappa shape index (κ1) is 26.2. The minimum Gasteiger partial charge on any atom is -0.444 e. The number of ether oxygens (including phenoxy) is 1. The van der Waals surface area contributed by atoms with Crippen molar-refractivity contribution in [2.75, 3.05) is 31.5 Å². The van der Waals surface area contributed by atoms with Gasteiger partial charge >= 0.3 is 12.1 Å². The summed E-state index contributed by atoms with van der Waals surface area (Å²) in [5, 5.41) is 3.83. The lowest BCUT2D eigenvalue weighted by molar-refractivity contribution is 0.0139. The Balaban J connectivity index is 1.29. The van der Waals surface area contributed by atoms with Crippen LogP contribution in [-0.2, 0) is 11.3 Å². The van der Waals surface area contributed by atoms with Crippen molar-refractivity contribution in [3.8, 4) is 0 Å². The van der Waals surface area contributed by atoms with E-state index in [1.165, 1.54) is 38.5 Å². The molecule has 2 saturated carbocycles. The van der Waals surface area contributed by atoms with Gasteiger partial charge < -0.3 is 14.5 Å². The van der Waals surface area contributed by atoms with E-state index in [9.17, 15) is 9.59 Å². The van der Waals surface area contributed by atoms with E-state index < -0.39 is 5.60 Å².